The van der Waals surface area contributed by atoms with Gasteiger partial charge in [0.2, 0.25) is 0 Å². The van der Waals surface area contributed by atoms with Crippen LogP contribution >= 0.6 is 15.9 Å². The van der Waals surface area contributed by atoms with Gasteiger partial charge in [0.1, 0.15) is 0 Å². The van der Waals surface area contributed by atoms with Crippen LogP contribution in [0.25, 0.3) is 11.3 Å². The van der Waals surface area contributed by atoms with Crippen molar-refractivity contribution in [2.45, 2.75) is 6.54 Å². The van der Waals surface area contributed by atoms with Gasteiger partial charge in [0.25, 0.3) is 0 Å². The van der Waals surface area contributed by atoms with E-state index in [1.165, 1.54) is 5.56 Å². The van der Waals surface area contributed by atoms with E-state index in [4.69, 9.17) is 0 Å². The normalized spacial score (nSPS) is 10.9. The molecule has 3 heteroatoms. The van der Waals surface area contributed by atoms with E-state index in [0.717, 1.165) is 22.3 Å². The molecule has 0 bridgehead atoms. The van der Waals surface area contributed by atoms with Crippen LogP contribution in [0.15, 0.2) is 59.5 Å². The van der Waals surface area contributed by atoms with Crippen molar-refractivity contribution in [1.29, 1.82) is 0 Å². The van der Waals surface area contributed by atoms with E-state index < -0.39 is 0 Å². The largest absolute Gasteiger partial charge is 0.348 e. The zero-order valence-corrected chi connectivity index (χ0v) is 10.8. The molecule has 2 aliphatic rings. The molecule has 3 rings (SSSR count). The number of nitrogens with zero attached hydrogens (tertiary/aromatic N) is 2. The summed E-state index contributed by atoms with van der Waals surface area (Å²) in [7, 11) is 0. The maximum atomic E-state index is 4.35. The van der Waals surface area contributed by atoms with Crippen LogP contribution in [0.5, 0.6) is 0 Å². The number of pyridine rings is 1. The van der Waals surface area contributed by atoms with Crippen molar-refractivity contribution in [2.75, 3.05) is 0 Å². The standard InChI is InChI=1S/C14H11BrN2/c15-13-8-16-14-10-17(7-6-12(13)14)9-11-4-2-1-3-5-11/h1-8,10H,9H2. The van der Waals surface area contributed by atoms with Gasteiger partial charge in [0.05, 0.1) is 5.69 Å². The molecule has 1 aromatic carbocycles. The lowest BCUT2D eigenvalue weighted by molar-refractivity contribution is 0.790. The van der Waals surface area contributed by atoms with E-state index in [1.54, 1.807) is 0 Å². The summed E-state index contributed by atoms with van der Waals surface area (Å²) in [4.78, 5) is 4.35. The Bertz CT molecular complexity index is 601. The lowest BCUT2D eigenvalue weighted by Gasteiger charge is -2.08. The molecule has 0 N–H and O–H groups in total. The predicted molar refractivity (Wildman–Crippen MR) is 72.1 cm³/mol. The first-order valence-electron chi connectivity index (χ1n) is 5.47. The van der Waals surface area contributed by atoms with Crippen LogP contribution in [0, 0.1) is 0 Å². The van der Waals surface area contributed by atoms with Crippen LogP contribution in [0.1, 0.15) is 5.56 Å². The summed E-state index contributed by atoms with van der Waals surface area (Å²) in [5, 5.41) is 0. The van der Waals surface area contributed by atoms with Crippen LogP contribution in [-0.2, 0) is 6.54 Å². The monoisotopic (exact) mass is 286 g/mol. The second-order valence-electron chi connectivity index (χ2n) is 4.01. The van der Waals surface area contributed by atoms with E-state index in [-0.39, 0.29) is 0 Å². The van der Waals surface area contributed by atoms with Crippen LogP contribution < -0.4 is 0 Å². The van der Waals surface area contributed by atoms with Gasteiger partial charge >= 0.3 is 0 Å². The zero-order chi connectivity index (χ0) is 11.7. The Morgan fingerprint density at radius 3 is 2.76 bits per heavy atom. The Balaban J connectivity index is 1.94. The highest BCUT2D eigenvalue weighted by Crippen LogP contribution is 2.28. The third-order valence-electron chi connectivity index (χ3n) is 2.78. The number of hydrogen-bond acceptors (Lipinski definition) is 1. The molecule has 0 fully saturated rings. The summed E-state index contributed by atoms with van der Waals surface area (Å²) in [5.74, 6) is 0. The minimum atomic E-state index is 0.876. The summed E-state index contributed by atoms with van der Waals surface area (Å²) in [6.07, 6.45) is 6.01. The summed E-state index contributed by atoms with van der Waals surface area (Å²) in [6.45, 7) is 0.876. The van der Waals surface area contributed by atoms with Crippen LogP contribution in [0.3, 0.4) is 0 Å². The van der Waals surface area contributed by atoms with Crippen molar-refractivity contribution in [3.05, 3.63) is 65.0 Å². The van der Waals surface area contributed by atoms with Crippen LogP contribution in [-0.4, -0.2) is 9.55 Å². The maximum absolute atomic E-state index is 4.35. The van der Waals surface area contributed by atoms with Crippen molar-refractivity contribution in [3.63, 3.8) is 0 Å². The van der Waals surface area contributed by atoms with E-state index in [0.29, 0.717) is 0 Å². The van der Waals surface area contributed by atoms with E-state index in [1.807, 2.05) is 12.3 Å². The SMILES string of the molecule is Brc1cnc2cn(Cc3ccccc3)ccc1-2. The van der Waals surface area contributed by atoms with Gasteiger partial charge in [-0.25, -0.2) is 0 Å². The van der Waals surface area contributed by atoms with Gasteiger partial charge < -0.3 is 4.57 Å². The molecule has 0 amide bonds. The second-order valence-corrected chi connectivity index (χ2v) is 4.86. The highest BCUT2D eigenvalue weighted by atomic mass is 79.9. The van der Waals surface area contributed by atoms with Crippen molar-refractivity contribution in [2.24, 2.45) is 0 Å². The fourth-order valence-electron chi connectivity index (χ4n) is 1.92. The number of benzene rings is 1. The molecule has 0 spiro atoms. The van der Waals surface area contributed by atoms with Gasteiger partial charge in [-0.15, -0.1) is 0 Å². The molecule has 0 atom stereocenters. The third kappa shape index (κ3) is 2.11. The number of fused-ring (bicyclic) bond motifs is 1. The quantitative estimate of drug-likeness (QED) is 0.701. The Kier molecular flexibility index (Phi) is 2.69. The molecule has 0 unspecified atom stereocenters. The Morgan fingerprint density at radius 2 is 1.94 bits per heavy atom. The molecule has 0 saturated heterocycles. The fraction of sp³-hybridized carbons (Fsp3) is 0.0714. The van der Waals surface area contributed by atoms with Crippen molar-refractivity contribution >= 4 is 15.9 Å². The lowest BCUT2D eigenvalue weighted by Crippen LogP contribution is -2.00. The minimum Gasteiger partial charge on any atom is -0.348 e. The summed E-state index contributed by atoms with van der Waals surface area (Å²) < 4.78 is 3.20. The second kappa shape index (κ2) is 4.34. The van der Waals surface area contributed by atoms with Gasteiger partial charge in [-0.3, -0.25) is 4.98 Å². The lowest BCUT2D eigenvalue weighted by atomic mass is 10.2. The maximum Gasteiger partial charge on any atom is 0.0876 e. The Hall–Kier alpha value is -1.61. The molecule has 0 saturated carbocycles. The summed E-state index contributed by atoms with van der Waals surface area (Å²) in [6, 6.07) is 12.5. The van der Waals surface area contributed by atoms with E-state index in [2.05, 4.69) is 68.2 Å². The highest BCUT2D eigenvalue weighted by Gasteiger charge is 2.08. The molecular weight excluding hydrogens is 276 g/mol. The molecule has 17 heavy (non-hydrogen) atoms. The fourth-order valence-corrected chi connectivity index (χ4v) is 2.36. The van der Waals surface area contributed by atoms with Gasteiger partial charge in [-0.1, -0.05) is 30.3 Å². The van der Waals surface area contributed by atoms with E-state index >= 15 is 0 Å². The molecule has 0 radical (unpaired) electrons. The van der Waals surface area contributed by atoms with Crippen molar-refractivity contribution in [3.8, 4) is 11.3 Å². The minimum absolute atomic E-state index is 0.876. The average Bonchev–Trinajstić information content (AvgIpc) is 2.72. The van der Waals surface area contributed by atoms with Gasteiger partial charge in [0.15, 0.2) is 0 Å². The van der Waals surface area contributed by atoms with Crippen LogP contribution in [0.2, 0.25) is 0 Å². The van der Waals surface area contributed by atoms with Gasteiger partial charge in [-0.2, -0.15) is 0 Å². The first kappa shape index (κ1) is 10.5. The third-order valence-corrected chi connectivity index (χ3v) is 3.41. The topological polar surface area (TPSA) is 17.8 Å². The van der Waals surface area contributed by atoms with Gasteiger partial charge in [-0.05, 0) is 27.6 Å². The van der Waals surface area contributed by atoms with Gasteiger partial charge in [0, 0.05) is 35.2 Å². The van der Waals surface area contributed by atoms with Crippen molar-refractivity contribution in [1.82, 2.24) is 9.55 Å². The van der Waals surface area contributed by atoms with Crippen molar-refractivity contribution < 1.29 is 0 Å². The van der Waals surface area contributed by atoms with Crippen LogP contribution in [0.4, 0.5) is 0 Å². The highest BCUT2D eigenvalue weighted by molar-refractivity contribution is 9.10. The zero-order valence-electron chi connectivity index (χ0n) is 9.18. The first-order chi connectivity index (χ1) is 8.33. The molecule has 2 nitrogen and oxygen atoms in total. The number of halogens is 1. The Labute approximate surface area is 108 Å². The average molecular weight is 287 g/mol. The number of aromatic nitrogens is 2. The molecule has 2 aliphatic heterocycles. The van der Waals surface area contributed by atoms with E-state index in [9.17, 15) is 0 Å². The molecule has 0 aliphatic carbocycles. The summed E-state index contributed by atoms with van der Waals surface area (Å²) in [5.41, 5.74) is 3.48. The number of hydrogen-bond donors (Lipinski definition) is 0. The molecule has 0 aromatic heterocycles. The first-order valence-corrected chi connectivity index (χ1v) is 6.26. The molecule has 1 aromatic rings. The Morgan fingerprint density at radius 1 is 1.12 bits per heavy atom. The molecule has 2 heterocycles. The molecule has 84 valence electrons. The summed E-state index contributed by atoms with van der Waals surface area (Å²) >= 11 is 3.49. The predicted octanol–water partition coefficient (Wildman–Crippen LogP) is 3.80. The smallest absolute Gasteiger partial charge is 0.0876 e. The number of rotatable bonds is 2. The molecular formula is C14H11BrN2.